The third kappa shape index (κ3) is 2.03. The molecule has 1 heterocycles. The molecule has 1 aromatic heterocycles. The first kappa shape index (κ1) is 13.1. The predicted molar refractivity (Wildman–Crippen MR) is 83.9 cm³/mol. The topological polar surface area (TPSA) is 43.8 Å². The summed E-state index contributed by atoms with van der Waals surface area (Å²) in [7, 11) is 0. The van der Waals surface area contributed by atoms with E-state index in [1.54, 1.807) is 5.56 Å². The Morgan fingerprint density at radius 2 is 2.19 bits per heavy atom. The van der Waals surface area contributed by atoms with Gasteiger partial charge in [-0.3, -0.25) is 4.68 Å². The van der Waals surface area contributed by atoms with Crippen LogP contribution in [0.25, 0.3) is 0 Å². The van der Waals surface area contributed by atoms with E-state index in [2.05, 4.69) is 47.0 Å². The fourth-order valence-electron chi connectivity index (χ4n) is 4.33. The molecule has 21 heavy (non-hydrogen) atoms. The number of rotatable bonds is 4. The van der Waals surface area contributed by atoms with Crippen molar-refractivity contribution in [1.82, 2.24) is 9.78 Å². The number of hydrogen-bond acceptors (Lipinski definition) is 2. The highest BCUT2D eigenvalue weighted by atomic mass is 15.3. The molecule has 2 aliphatic rings. The van der Waals surface area contributed by atoms with Crippen LogP contribution in [0.3, 0.4) is 0 Å². The van der Waals surface area contributed by atoms with Crippen molar-refractivity contribution in [1.29, 1.82) is 0 Å². The Morgan fingerprint density at radius 1 is 1.33 bits per heavy atom. The van der Waals surface area contributed by atoms with Crippen molar-refractivity contribution in [2.24, 2.45) is 17.6 Å². The molecule has 0 aliphatic heterocycles. The molecule has 0 radical (unpaired) electrons. The van der Waals surface area contributed by atoms with Gasteiger partial charge < -0.3 is 5.73 Å². The summed E-state index contributed by atoms with van der Waals surface area (Å²) in [6.45, 7) is 3.15. The monoisotopic (exact) mass is 281 g/mol. The quantitative estimate of drug-likeness (QED) is 0.934. The number of benzene rings is 1. The highest BCUT2D eigenvalue weighted by molar-refractivity contribution is 5.40. The Balaban J connectivity index is 1.60. The van der Waals surface area contributed by atoms with Crippen molar-refractivity contribution < 1.29 is 0 Å². The summed E-state index contributed by atoms with van der Waals surface area (Å²) in [5, 5.41) is 4.44. The van der Waals surface area contributed by atoms with Crippen LogP contribution in [0.15, 0.2) is 36.5 Å². The first-order valence-corrected chi connectivity index (χ1v) is 8.16. The summed E-state index contributed by atoms with van der Waals surface area (Å²) < 4.78 is 2.10. The van der Waals surface area contributed by atoms with E-state index in [4.69, 9.17) is 5.73 Å². The molecule has 0 spiro atoms. The van der Waals surface area contributed by atoms with Crippen LogP contribution < -0.4 is 5.73 Å². The Kier molecular flexibility index (Phi) is 3.11. The lowest BCUT2D eigenvalue weighted by Crippen LogP contribution is -2.19. The van der Waals surface area contributed by atoms with E-state index < -0.39 is 0 Å². The molecule has 2 aliphatic carbocycles. The summed E-state index contributed by atoms with van der Waals surface area (Å²) in [6.07, 6.45) is 5.50. The lowest BCUT2D eigenvalue weighted by Gasteiger charge is -2.14. The van der Waals surface area contributed by atoms with E-state index in [1.165, 1.54) is 24.1 Å². The van der Waals surface area contributed by atoms with Gasteiger partial charge in [0, 0.05) is 12.7 Å². The van der Waals surface area contributed by atoms with Gasteiger partial charge in [0.15, 0.2) is 0 Å². The van der Waals surface area contributed by atoms with Crippen molar-refractivity contribution in [2.45, 2.75) is 44.7 Å². The number of fused-ring (bicyclic) bond motifs is 3. The molecule has 4 atom stereocenters. The van der Waals surface area contributed by atoms with Gasteiger partial charge in [-0.2, -0.15) is 5.10 Å². The molecule has 3 heteroatoms. The van der Waals surface area contributed by atoms with Crippen molar-refractivity contribution >= 4 is 0 Å². The first-order valence-electron chi connectivity index (χ1n) is 8.16. The minimum atomic E-state index is 0.125. The Morgan fingerprint density at radius 3 is 3.05 bits per heavy atom. The van der Waals surface area contributed by atoms with E-state index in [0.29, 0.717) is 11.8 Å². The van der Waals surface area contributed by atoms with Gasteiger partial charge in [-0.1, -0.05) is 31.2 Å². The Bertz CT molecular complexity index is 645. The van der Waals surface area contributed by atoms with Crippen LogP contribution in [0, 0.1) is 11.8 Å². The molecule has 2 N–H and O–H groups in total. The average Bonchev–Trinajstić information content (AvgIpc) is 3.09. The van der Waals surface area contributed by atoms with Gasteiger partial charge in [0.25, 0.3) is 0 Å². The molecule has 0 bridgehead atoms. The first-order chi connectivity index (χ1) is 10.3. The molecule has 2 aromatic rings. The van der Waals surface area contributed by atoms with Crippen LogP contribution in [-0.2, 0) is 13.0 Å². The lowest BCUT2D eigenvalue weighted by atomic mass is 9.92. The maximum Gasteiger partial charge on any atom is 0.0554 e. The molecule has 110 valence electrons. The standard InChI is InChI=1S/C18H23N3/c1-2-11-21-15(9-10-20-21)18(19)17-14-8-7-12-5-3-4-6-13(12)16(14)17/h3-6,9-10,14,16-18H,2,7-8,11,19H2,1H3. The van der Waals surface area contributed by atoms with E-state index in [0.717, 1.165) is 18.9 Å². The number of aryl methyl sites for hydroxylation is 2. The summed E-state index contributed by atoms with van der Waals surface area (Å²) >= 11 is 0. The van der Waals surface area contributed by atoms with Gasteiger partial charge in [-0.25, -0.2) is 0 Å². The summed E-state index contributed by atoms with van der Waals surface area (Å²) in [5.74, 6) is 2.05. The van der Waals surface area contributed by atoms with Crippen LogP contribution in [0.4, 0.5) is 0 Å². The van der Waals surface area contributed by atoms with Crippen molar-refractivity contribution in [3.05, 3.63) is 53.3 Å². The Hall–Kier alpha value is -1.61. The normalized spacial score (nSPS) is 27.8. The molecule has 1 aromatic carbocycles. The zero-order valence-electron chi connectivity index (χ0n) is 12.6. The maximum atomic E-state index is 6.63. The molecular formula is C18H23N3. The summed E-state index contributed by atoms with van der Waals surface area (Å²) in [6, 6.07) is 11.2. The third-order valence-electron chi connectivity index (χ3n) is 5.33. The zero-order valence-corrected chi connectivity index (χ0v) is 12.6. The van der Waals surface area contributed by atoms with Crippen molar-refractivity contribution in [3.63, 3.8) is 0 Å². The van der Waals surface area contributed by atoms with E-state index >= 15 is 0 Å². The summed E-state index contributed by atoms with van der Waals surface area (Å²) in [4.78, 5) is 0. The van der Waals surface area contributed by atoms with Gasteiger partial charge in [0.05, 0.1) is 11.7 Å². The molecule has 0 amide bonds. The van der Waals surface area contributed by atoms with Crippen LogP contribution in [0.5, 0.6) is 0 Å². The largest absolute Gasteiger partial charge is 0.322 e. The molecule has 4 unspecified atom stereocenters. The van der Waals surface area contributed by atoms with Gasteiger partial charge in [-0.05, 0) is 54.2 Å². The third-order valence-corrected chi connectivity index (χ3v) is 5.33. The van der Waals surface area contributed by atoms with Crippen molar-refractivity contribution in [2.75, 3.05) is 0 Å². The minimum Gasteiger partial charge on any atom is -0.322 e. The fourth-order valence-corrected chi connectivity index (χ4v) is 4.33. The molecule has 1 saturated carbocycles. The van der Waals surface area contributed by atoms with Crippen LogP contribution in [0.2, 0.25) is 0 Å². The maximum absolute atomic E-state index is 6.63. The second-order valence-corrected chi connectivity index (χ2v) is 6.51. The van der Waals surface area contributed by atoms with Gasteiger partial charge in [0.1, 0.15) is 0 Å². The molecule has 3 nitrogen and oxygen atoms in total. The highest BCUT2D eigenvalue weighted by Crippen LogP contribution is 2.63. The smallest absolute Gasteiger partial charge is 0.0554 e. The van der Waals surface area contributed by atoms with Gasteiger partial charge in [-0.15, -0.1) is 0 Å². The van der Waals surface area contributed by atoms with E-state index in [-0.39, 0.29) is 6.04 Å². The lowest BCUT2D eigenvalue weighted by molar-refractivity contribution is 0.488. The van der Waals surface area contributed by atoms with Gasteiger partial charge >= 0.3 is 0 Å². The van der Waals surface area contributed by atoms with Crippen LogP contribution in [0.1, 0.15) is 48.5 Å². The van der Waals surface area contributed by atoms with E-state index in [9.17, 15) is 0 Å². The second-order valence-electron chi connectivity index (χ2n) is 6.51. The molecule has 0 saturated heterocycles. The predicted octanol–water partition coefficient (Wildman–Crippen LogP) is 3.27. The van der Waals surface area contributed by atoms with E-state index in [1.807, 2.05) is 6.20 Å². The van der Waals surface area contributed by atoms with Crippen molar-refractivity contribution in [3.8, 4) is 0 Å². The highest BCUT2D eigenvalue weighted by Gasteiger charge is 2.56. The average molecular weight is 281 g/mol. The van der Waals surface area contributed by atoms with Gasteiger partial charge in [0.2, 0.25) is 0 Å². The molecule has 1 fully saturated rings. The Labute approximate surface area is 126 Å². The number of nitrogens with two attached hydrogens (primary N) is 1. The summed E-state index contributed by atoms with van der Waals surface area (Å²) in [5.41, 5.74) is 10.9. The second kappa shape index (κ2) is 4.99. The SMILES string of the molecule is CCCn1nccc1C(N)C1C2CCc3ccccc3C21. The number of aromatic nitrogens is 2. The molecule has 4 rings (SSSR count). The zero-order chi connectivity index (χ0) is 14.4. The number of nitrogens with zero attached hydrogens (tertiary/aromatic N) is 2. The number of hydrogen-bond donors (Lipinski definition) is 1. The van der Waals surface area contributed by atoms with Crippen LogP contribution in [-0.4, -0.2) is 9.78 Å². The fraction of sp³-hybridized carbons (Fsp3) is 0.500. The minimum absolute atomic E-state index is 0.125. The van der Waals surface area contributed by atoms with Crippen LogP contribution >= 0.6 is 0 Å². The molecular weight excluding hydrogens is 258 g/mol.